The Morgan fingerprint density at radius 3 is 2.67 bits per heavy atom. The van der Waals surface area contributed by atoms with Crippen LogP contribution in [-0.4, -0.2) is 37.4 Å². The average Bonchev–Trinajstić information content (AvgIpc) is 3.20. The molecule has 0 saturated heterocycles. The van der Waals surface area contributed by atoms with Gasteiger partial charge in [-0.25, -0.2) is 4.57 Å². The number of nitrogens with one attached hydrogen (secondary N) is 1. The Hall–Kier alpha value is -3.39. The number of hydrogen-bond acceptors (Lipinski definition) is 5. The van der Waals surface area contributed by atoms with Crippen molar-refractivity contribution in [3.8, 4) is 5.69 Å². The van der Waals surface area contributed by atoms with Gasteiger partial charge in [0, 0.05) is 6.54 Å². The summed E-state index contributed by atoms with van der Waals surface area (Å²) in [5.41, 5.74) is 2.46. The van der Waals surface area contributed by atoms with Gasteiger partial charge in [0.15, 0.2) is 5.16 Å². The minimum absolute atomic E-state index is 0.121. The highest BCUT2D eigenvalue weighted by Crippen LogP contribution is 2.23. The first kappa shape index (κ1) is 19.9. The predicted octanol–water partition coefficient (Wildman–Crippen LogP) is 2.99. The van der Waals surface area contributed by atoms with Crippen LogP contribution in [0.4, 0.5) is 0 Å². The summed E-state index contributed by atoms with van der Waals surface area (Å²) in [6, 6.07) is 15.2. The number of nitrogens with zero attached hydrogens (tertiary/aromatic N) is 4. The van der Waals surface area contributed by atoms with E-state index in [0.717, 1.165) is 12.1 Å². The molecular weight excluding hydrogens is 398 g/mol. The number of fused-ring (bicyclic) bond motifs is 3. The molecule has 0 aliphatic carbocycles. The van der Waals surface area contributed by atoms with E-state index in [-0.39, 0.29) is 17.2 Å². The normalized spacial score (nSPS) is 11.1. The van der Waals surface area contributed by atoms with Gasteiger partial charge in [0.25, 0.3) is 5.56 Å². The van der Waals surface area contributed by atoms with Crippen molar-refractivity contribution in [3.05, 3.63) is 77.1 Å². The summed E-state index contributed by atoms with van der Waals surface area (Å²) in [5, 5.41) is 12.4. The van der Waals surface area contributed by atoms with Gasteiger partial charge in [-0.3, -0.25) is 14.0 Å². The Morgan fingerprint density at radius 1 is 1.17 bits per heavy atom. The molecule has 2 aromatic heterocycles. The highest BCUT2D eigenvalue weighted by atomic mass is 32.2. The number of aryl methyl sites for hydroxylation is 1. The third-order valence-electron chi connectivity index (χ3n) is 4.77. The number of carbonyl (C=O) groups excluding carboxylic acids is 1. The van der Waals surface area contributed by atoms with Crippen molar-refractivity contribution in [1.82, 2.24) is 24.5 Å². The fraction of sp³-hybridized carbons (Fsp3) is 0.182. The van der Waals surface area contributed by atoms with Crippen LogP contribution in [-0.2, 0) is 11.2 Å². The van der Waals surface area contributed by atoms with Gasteiger partial charge < -0.3 is 5.32 Å². The maximum Gasteiger partial charge on any atom is 0.267 e. The van der Waals surface area contributed by atoms with Crippen LogP contribution < -0.4 is 10.9 Å². The number of para-hydroxylation sites is 1. The van der Waals surface area contributed by atoms with Gasteiger partial charge >= 0.3 is 0 Å². The van der Waals surface area contributed by atoms with E-state index in [1.54, 1.807) is 16.7 Å². The smallest absolute Gasteiger partial charge is 0.267 e. The molecule has 0 spiro atoms. The first-order chi connectivity index (χ1) is 14.6. The quantitative estimate of drug-likeness (QED) is 0.368. The van der Waals surface area contributed by atoms with Crippen molar-refractivity contribution in [2.45, 2.75) is 18.5 Å². The molecule has 4 aromatic rings. The van der Waals surface area contributed by atoms with Crippen LogP contribution in [0, 0.1) is 0 Å². The SMILES string of the molecule is C=CCNC(=O)CSc1nnc2n(-c3ccc(CC)cc3)c(=O)c3ccccc3n12. The van der Waals surface area contributed by atoms with Crippen molar-refractivity contribution >= 4 is 34.3 Å². The molecule has 0 fully saturated rings. The summed E-state index contributed by atoms with van der Waals surface area (Å²) in [6.45, 7) is 6.09. The average molecular weight is 420 g/mol. The van der Waals surface area contributed by atoms with Crippen LogP contribution in [0.25, 0.3) is 22.4 Å². The van der Waals surface area contributed by atoms with Gasteiger partial charge in [-0.05, 0) is 36.2 Å². The lowest BCUT2D eigenvalue weighted by Crippen LogP contribution is -2.25. The zero-order valence-corrected chi connectivity index (χ0v) is 17.4. The second-order valence-electron chi connectivity index (χ2n) is 6.68. The van der Waals surface area contributed by atoms with Gasteiger partial charge in [-0.1, -0.05) is 49.0 Å². The number of carbonyl (C=O) groups is 1. The lowest BCUT2D eigenvalue weighted by atomic mass is 10.1. The molecule has 30 heavy (non-hydrogen) atoms. The fourth-order valence-corrected chi connectivity index (χ4v) is 4.02. The summed E-state index contributed by atoms with van der Waals surface area (Å²) in [4.78, 5) is 25.3. The van der Waals surface area contributed by atoms with Crippen LogP contribution in [0.15, 0.2) is 71.1 Å². The molecule has 0 radical (unpaired) electrons. The maximum atomic E-state index is 13.3. The van der Waals surface area contributed by atoms with Gasteiger partial charge in [0.1, 0.15) is 0 Å². The number of hydrogen-bond donors (Lipinski definition) is 1. The van der Waals surface area contributed by atoms with Gasteiger partial charge in [-0.2, -0.15) is 0 Å². The van der Waals surface area contributed by atoms with E-state index in [0.29, 0.717) is 28.4 Å². The molecule has 1 amide bonds. The molecule has 1 N–H and O–H groups in total. The van der Waals surface area contributed by atoms with Crippen molar-refractivity contribution in [3.63, 3.8) is 0 Å². The fourth-order valence-electron chi connectivity index (χ4n) is 3.25. The first-order valence-electron chi connectivity index (χ1n) is 9.62. The second kappa shape index (κ2) is 8.54. The zero-order chi connectivity index (χ0) is 21.1. The van der Waals surface area contributed by atoms with Crippen molar-refractivity contribution in [2.75, 3.05) is 12.3 Å². The standard InChI is InChI=1S/C22H21N5O2S/c1-3-13-23-19(28)14-30-22-25-24-21-26(16-11-9-15(4-2)10-12-16)20(29)17-7-5-6-8-18(17)27(21)22/h3,5-12H,1,4,13-14H2,2H3,(H,23,28). The van der Waals surface area contributed by atoms with Crippen LogP contribution in [0.5, 0.6) is 0 Å². The number of benzene rings is 2. The summed E-state index contributed by atoms with van der Waals surface area (Å²) in [6.07, 6.45) is 2.55. The molecule has 0 saturated carbocycles. The van der Waals surface area contributed by atoms with Crippen molar-refractivity contribution < 1.29 is 4.79 Å². The first-order valence-corrected chi connectivity index (χ1v) is 10.6. The number of aromatic nitrogens is 4. The largest absolute Gasteiger partial charge is 0.352 e. The highest BCUT2D eigenvalue weighted by Gasteiger charge is 2.18. The van der Waals surface area contributed by atoms with E-state index in [1.807, 2.05) is 46.9 Å². The molecule has 0 bridgehead atoms. The highest BCUT2D eigenvalue weighted by molar-refractivity contribution is 7.99. The van der Waals surface area contributed by atoms with E-state index < -0.39 is 0 Å². The third kappa shape index (κ3) is 3.61. The molecule has 4 rings (SSSR count). The Bertz CT molecular complexity index is 1290. The van der Waals surface area contributed by atoms with E-state index in [1.165, 1.54) is 17.3 Å². The summed E-state index contributed by atoms with van der Waals surface area (Å²) in [7, 11) is 0. The van der Waals surface area contributed by atoms with Crippen LogP contribution in [0.3, 0.4) is 0 Å². The van der Waals surface area contributed by atoms with E-state index in [2.05, 4.69) is 29.0 Å². The summed E-state index contributed by atoms with van der Waals surface area (Å²) >= 11 is 1.27. The van der Waals surface area contributed by atoms with Gasteiger partial charge in [-0.15, -0.1) is 16.8 Å². The summed E-state index contributed by atoms with van der Waals surface area (Å²) < 4.78 is 3.40. The van der Waals surface area contributed by atoms with E-state index in [9.17, 15) is 9.59 Å². The predicted molar refractivity (Wildman–Crippen MR) is 119 cm³/mol. The minimum Gasteiger partial charge on any atom is -0.352 e. The monoisotopic (exact) mass is 419 g/mol. The minimum atomic E-state index is -0.157. The molecule has 0 atom stereocenters. The molecule has 2 heterocycles. The zero-order valence-electron chi connectivity index (χ0n) is 16.5. The topological polar surface area (TPSA) is 81.3 Å². The Labute approximate surface area is 177 Å². The Morgan fingerprint density at radius 2 is 1.93 bits per heavy atom. The van der Waals surface area contributed by atoms with Crippen LogP contribution >= 0.6 is 11.8 Å². The molecular formula is C22H21N5O2S. The Balaban J connectivity index is 1.87. The van der Waals surface area contributed by atoms with Crippen molar-refractivity contribution in [1.29, 1.82) is 0 Å². The van der Waals surface area contributed by atoms with E-state index in [4.69, 9.17) is 0 Å². The molecule has 0 aliphatic heterocycles. The molecule has 152 valence electrons. The number of amides is 1. The van der Waals surface area contributed by atoms with Crippen LogP contribution in [0.2, 0.25) is 0 Å². The van der Waals surface area contributed by atoms with Gasteiger partial charge in [0.2, 0.25) is 11.7 Å². The number of thioether (sulfide) groups is 1. The van der Waals surface area contributed by atoms with E-state index >= 15 is 0 Å². The van der Waals surface area contributed by atoms with Gasteiger partial charge in [0.05, 0.1) is 22.3 Å². The second-order valence-corrected chi connectivity index (χ2v) is 7.62. The lowest BCUT2D eigenvalue weighted by molar-refractivity contribution is -0.118. The van der Waals surface area contributed by atoms with Crippen molar-refractivity contribution in [2.24, 2.45) is 0 Å². The summed E-state index contributed by atoms with van der Waals surface area (Å²) in [5.74, 6) is 0.481. The molecule has 7 nitrogen and oxygen atoms in total. The molecule has 0 unspecified atom stereocenters. The number of rotatable bonds is 7. The molecule has 0 aliphatic rings. The maximum absolute atomic E-state index is 13.3. The lowest BCUT2D eigenvalue weighted by Gasteiger charge is -2.11. The van der Waals surface area contributed by atoms with Crippen LogP contribution in [0.1, 0.15) is 12.5 Å². The Kier molecular flexibility index (Phi) is 5.67. The third-order valence-corrected chi connectivity index (χ3v) is 5.70. The molecule has 8 heteroatoms. The molecule has 2 aromatic carbocycles.